The van der Waals surface area contributed by atoms with E-state index in [0.717, 1.165) is 49.9 Å². The van der Waals surface area contributed by atoms with E-state index < -0.39 is 0 Å². The Balaban J connectivity index is 1.69. The second-order valence-electron chi connectivity index (χ2n) is 6.53. The zero-order valence-electron chi connectivity index (χ0n) is 13.7. The van der Waals surface area contributed by atoms with Gasteiger partial charge < -0.3 is 11.1 Å². The van der Waals surface area contributed by atoms with Crippen molar-refractivity contribution in [2.24, 2.45) is 17.6 Å². The predicted octanol–water partition coefficient (Wildman–Crippen LogP) is 3.50. The molecule has 2 aromatic rings. The molecule has 0 radical (unpaired) electrons. The largest absolute Gasteiger partial charge is 0.384 e. The normalized spacial score (nSPS) is 21.3. The first kappa shape index (κ1) is 15.8. The van der Waals surface area contributed by atoms with Crippen molar-refractivity contribution in [3.05, 3.63) is 36.0 Å². The molecule has 4 nitrogen and oxygen atoms in total. The van der Waals surface area contributed by atoms with Crippen LogP contribution in [0.5, 0.6) is 0 Å². The molecule has 1 fully saturated rings. The van der Waals surface area contributed by atoms with Gasteiger partial charge in [-0.3, -0.25) is 9.78 Å². The molecule has 23 heavy (non-hydrogen) atoms. The number of anilines is 1. The molecule has 0 saturated heterocycles. The van der Waals surface area contributed by atoms with Crippen molar-refractivity contribution < 1.29 is 4.79 Å². The van der Waals surface area contributed by atoms with Crippen molar-refractivity contribution in [3.8, 4) is 0 Å². The molecule has 3 rings (SSSR count). The summed E-state index contributed by atoms with van der Waals surface area (Å²) < 4.78 is 0. The molecule has 1 aromatic carbocycles. The van der Waals surface area contributed by atoms with Crippen LogP contribution in [0.4, 0.5) is 5.69 Å². The molecule has 3 N–H and O–H groups in total. The molecular formula is C19H25N3O. The Hall–Kier alpha value is -2.10. The summed E-state index contributed by atoms with van der Waals surface area (Å²) in [6.07, 6.45) is 4.94. The fourth-order valence-electron chi connectivity index (χ4n) is 3.46. The molecule has 0 bridgehead atoms. The first-order valence-electron chi connectivity index (χ1n) is 8.59. The third kappa shape index (κ3) is 3.63. The lowest BCUT2D eigenvalue weighted by Crippen LogP contribution is -2.29. The lowest BCUT2D eigenvalue weighted by molar-refractivity contribution is -0.122. The smallest absolute Gasteiger partial charge is 0.220 e. The highest BCUT2D eigenvalue weighted by molar-refractivity contribution is 5.91. The molecule has 0 spiro atoms. The number of nitrogens with two attached hydrogens (primary N) is 1. The molecule has 0 atom stereocenters. The fraction of sp³-hybridized carbons (Fsp3) is 0.474. The first-order valence-corrected chi connectivity index (χ1v) is 8.59. The molecule has 1 amide bonds. The summed E-state index contributed by atoms with van der Waals surface area (Å²) in [5.41, 5.74) is 8.74. The van der Waals surface area contributed by atoms with E-state index in [1.807, 2.05) is 6.07 Å². The summed E-state index contributed by atoms with van der Waals surface area (Å²) in [5.74, 6) is 0.562. The molecule has 1 aliphatic carbocycles. The van der Waals surface area contributed by atoms with Gasteiger partial charge in [-0.25, -0.2) is 0 Å². The maximum Gasteiger partial charge on any atom is 0.220 e. The number of nitrogens with one attached hydrogen (secondary N) is 1. The SMILES string of the molecule is CCc1cc(NCC2CCC(C(N)=O)CC2)c2ccccc2n1. The van der Waals surface area contributed by atoms with Gasteiger partial charge in [0.05, 0.1) is 5.52 Å². The standard InChI is InChI=1S/C19H25N3O/c1-2-15-11-18(16-5-3-4-6-17(16)22-15)21-12-13-7-9-14(10-8-13)19(20)23/h3-6,11,13-14H,2,7-10,12H2,1H3,(H2,20,23)(H,21,22). The average Bonchev–Trinajstić information content (AvgIpc) is 2.59. The zero-order chi connectivity index (χ0) is 16.2. The van der Waals surface area contributed by atoms with Crippen LogP contribution in [-0.2, 0) is 11.2 Å². The van der Waals surface area contributed by atoms with Crippen LogP contribution in [0, 0.1) is 11.8 Å². The van der Waals surface area contributed by atoms with Crippen molar-refractivity contribution in [2.75, 3.05) is 11.9 Å². The van der Waals surface area contributed by atoms with Crippen LogP contribution < -0.4 is 11.1 Å². The Morgan fingerprint density at radius 3 is 2.70 bits per heavy atom. The molecule has 1 saturated carbocycles. The van der Waals surface area contributed by atoms with Gasteiger partial charge in [0.2, 0.25) is 5.91 Å². The Kier molecular flexibility index (Phi) is 4.79. The molecule has 1 heterocycles. The van der Waals surface area contributed by atoms with Crippen LogP contribution in [0.1, 0.15) is 38.3 Å². The van der Waals surface area contributed by atoms with Gasteiger partial charge in [-0.05, 0) is 50.2 Å². The number of rotatable bonds is 5. The van der Waals surface area contributed by atoms with Crippen LogP contribution in [0.25, 0.3) is 10.9 Å². The number of hydrogen-bond acceptors (Lipinski definition) is 3. The number of fused-ring (bicyclic) bond motifs is 1. The van der Waals surface area contributed by atoms with E-state index in [-0.39, 0.29) is 11.8 Å². The number of para-hydroxylation sites is 1. The van der Waals surface area contributed by atoms with E-state index in [4.69, 9.17) is 5.73 Å². The minimum absolute atomic E-state index is 0.0831. The summed E-state index contributed by atoms with van der Waals surface area (Å²) in [5, 5.41) is 4.80. The van der Waals surface area contributed by atoms with Crippen molar-refractivity contribution in [1.29, 1.82) is 0 Å². The number of aromatic nitrogens is 1. The third-order valence-corrected chi connectivity index (χ3v) is 4.96. The van der Waals surface area contributed by atoms with Gasteiger partial charge in [-0.2, -0.15) is 0 Å². The highest BCUT2D eigenvalue weighted by Gasteiger charge is 2.24. The number of benzene rings is 1. The fourth-order valence-corrected chi connectivity index (χ4v) is 3.46. The summed E-state index contributed by atoms with van der Waals surface area (Å²) in [6, 6.07) is 10.4. The number of nitrogens with zero attached hydrogens (tertiary/aromatic N) is 1. The van der Waals surface area contributed by atoms with Gasteiger partial charge >= 0.3 is 0 Å². The lowest BCUT2D eigenvalue weighted by Gasteiger charge is -2.27. The highest BCUT2D eigenvalue weighted by Crippen LogP contribution is 2.30. The van der Waals surface area contributed by atoms with Crippen molar-refractivity contribution >= 4 is 22.5 Å². The Labute approximate surface area is 137 Å². The van der Waals surface area contributed by atoms with E-state index >= 15 is 0 Å². The van der Waals surface area contributed by atoms with Gasteiger partial charge in [0.15, 0.2) is 0 Å². The number of amides is 1. The quantitative estimate of drug-likeness (QED) is 0.888. The molecule has 4 heteroatoms. The lowest BCUT2D eigenvalue weighted by atomic mass is 9.81. The van der Waals surface area contributed by atoms with Crippen molar-refractivity contribution in [3.63, 3.8) is 0 Å². The molecule has 1 aromatic heterocycles. The zero-order valence-corrected chi connectivity index (χ0v) is 13.7. The molecule has 1 aliphatic rings. The number of aryl methyl sites for hydroxylation is 1. The van der Waals surface area contributed by atoms with Crippen LogP contribution in [0.15, 0.2) is 30.3 Å². The second kappa shape index (κ2) is 6.99. The minimum Gasteiger partial charge on any atom is -0.384 e. The average molecular weight is 311 g/mol. The highest BCUT2D eigenvalue weighted by atomic mass is 16.1. The monoisotopic (exact) mass is 311 g/mol. The molecule has 0 aliphatic heterocycles. The summed E-state index contributed by atoms with van der Waals surface area (Å²) in [4.78, 5) is 15.9. The van der Waals surface area contributed by atoms with Gasteiger partial charge in [-0.1, -0.05) is 25.1 Å². The van der Waals surface area contributed by atoms with E-state index in [1.54, 1.807) is 0 Å². The van der Waals surface area contributed by atoms with Crippen LogP contribution in [-0.4, -0.2) is 17.4 Å². The number of hydrogen-bond donors (Lipinski definition) is 2. The number of primary amides is 1. The van der Waals surface area contributed by atoms with Crippen LogP contribution >= 0.6 is 0 Å². The summed E-state index contributed by atoms with van der Waals surface area (Å²) in [6.45, 7) is 3.08. The second-order valence-corrected chi connectivity index (χ2v) is 6.53. The first-order chi connectivity index (χ1) is 11.2. The van der Waals surface area contributed by atoms with Gasteiger partial charge in [0.25, 0.3) is 0 Å². The summed E-state index contributed by atoms with van der Waals surface area (Å²) in [7, 11) is 0. The molecular weight excluding hydrogens is 286 g/mol. The Morgan fingerprint density at radius 1 is 1.26 bits per heavy atom. The third-order valence-electron chi connectivity index (χ3n) is 4.96. The van der Waals surface area contributed by atoms with Crippen molar-refractivity contribution in [2.45, 2.75) is 39.0 Å². The van der Waals surface area contributed by atoms with E-state index in [0.29, 0.717) is 5.92 Å². The topological polar surface area (TPSA) is 68.0 Å². The van der Waals surface area contributed by atoms with Crippen molar-refractivity contribution in [1.82, 2.24) is 4.98 Å². The van der Waals surface area contributed by atoms with Crippen LogP contribution in [0.3, 0.4) is 0 Å². The minimum atomic E-state index is -0.135. The van der Waals surface area contributed by atoms with Gasteiger partial charge in [0, 0.05) is 29.2 Å². The number of carbonyl (C=O) groups is 1. The Bertz CT molecular complexity index is 690. The summed E-state index contributed by atoms with van der Waals surface area (Å²) >= 11 is 0. The van der Waals surface area contributed by atoms with E-state index in [2.05, 4.69) is 41.5 Å². The number of carbonyl (C=O) groups excluding carboxylic acids is 1. The molecule has 0 unspecified atom stereocenters. The van der Waals surface area contributed by atoms with Gasteiger partial charge in [0.1, 0.15) is 0 Å². The van der Waals surface area contributed by atoms with Crippen LogP contribution in [0.2, 0.25) is 0 Å². The van der Waals surface area contributed by atoms with E-state index in [1.165, 1.54) is 11.1 Å². The number of pyridine rings is 1. The Morgan fingerprint density at radius 2 is 2.00 bits per heavy atom. The van der Waals surface area contributed by atoms with E-state index in [9.17, 15) is 4.79 Å². The van der Waals surface area contributed by atoms with Gasteiger partial charge in [-0.15, -0.1) is 0 Å². The predicted molar refractivity (Wildman–Crippen MR) is 94.3 cm³/mol. The molecule has 122 valence electrons. The maximum atomic E-state index is 11.3. The maximum absolute atomic E-state index is 11.3.